The van der Waals surface area contributed by atoms with Gasteiger partial charge in [-0.1, -0.05) is 84.7 Å². The Bertz CT molecular complexity index is 1600. The van der Waals surface area contributed by atoms with E-state index in [2.05, 4.69) is 77.6 Å². The molecule has 0 saturated heterocycles. The number of Topliss-reactive ketones (excluding diaryl/α,β-unsaturated/α-hetero) is 1. The topological polar surface area (TPSA) is 87.2 Å². The first kappa shape index (κ1) is 45.0. The van der Waals surface area contributed by atoms with Crippen LogP contribution in [-0.4, -0.2) is 79.9 Å². The molecule has 7 nitrogen and oxygen atoms in total. The number of likely N-dealkylation sites (N-methyl/N-ethyl adjacent to an activating group) is 1. The molecule has 0 aromatic heterocycles. The quantitative estimate of drug-likeness (QED) is 0.157. The molecule has 0 amide bonds. The summed E-state index contributed by atoms with van der Waals surface area (Å²) in [6.45, 7) is 21.9. The van der Waals surface area contributed by atoms with E-state index in [1.807, 2.05) is 26.0 Å². The zero-order valence-corrected chi connectivity index (χ0v) is 37.6. The van der Waals surface area contributed by atoms with Crippen molar-refractivity contribution < 1.29 is 24.2 Å². The molecule has 0 heterocycles. The molecule has 1 aromatic carbocycles. The fourth-order valence-electron chi connectivity index (χ4n) is 13.4. The van der Waals surface area contributed by atoms with Crippen LogP contribution in [0.5, 0.6) is 0 Å². The van der Waals surface area contributed by atoms with Gasteiger partial charge in [0.05, 0.1) is 6.42 Å². The third kappa shape index (κ3) is 8.63. The summed E-state index contributed by atoms with van der Waals surface area (Å²) in [5.74, 6) is 2.60. The van der Waals surface area contributed by atoms with Gasteiger partial charge in [0.2, 0.25) is 0 Å². The summed E-state index contributed by atoms with van der Waals surface area (Å²) < 4.78 is 6.25. The number of hydrogen-bond acceptors (Lipinski definition) is 7. The molecule has 8 atom stereocenters. The molecule has 0 spiro atoms. The number of benzene rings is 1. The Balaban J connectivity index is 0.00000295. The molecule has 0 aliphatic heterocycles. The number of hydrogen-bond donors (Lipinski definition) is 1. The lowest BCUT2D eigenvalue weighted by atomic mass is 9.36. The Morgan fingerprint density at radius 2 is 1.59 bits per heavy atom. The average Bonchev–Trinajstić information content (AvgIpc) is 3.44. The molecule has 4 fully saturated rings. The van der Waals surface area contributed by atoms with Crippen LogP contribution in [0.3, 0.4) is 0 Å². The van der Waals surface area contributed by atoms with E-state index in [4.69, 9.17) is 21.4 Å². The highest BCUT2D eigenvalue weighted by Crippen LogP contribution is 2.73. The minimum absolute atomic E-state index is 0.0269. The maximum absolute atomic E-state index is 14.2. The number of allylic oxidation sites excluding steroid dienone is 2. The number of nitrogens with zero attached hydrogens (tertiary/aromatic N) is 2. The molecule has 4 saturated carbocycles. The molecule has 6 rings (SSSR count). The number of rotatable bonds is 13. The summed E-state index contributed by atoms with van der Waals surface area (Å²) in [6, 6.07) is 8.30. The third-order valence-corrected chi connectivity index (χ3v) is 16.2. The summed E-state index contributed by atoms with van der Waals surface area (Å²) in [4.78, 5) is 43.7. The Morgan fingerprint density at radius 3 is 2.21 bits per heavy atom. The van der Waals surface area contributed by atoms with Gasteiger partial charge in [-0.05, 0) is 142 Å². The number of fused-ring (bicyclic) bond motifs is 7. The third-order valence-electron chi connectivity index (χ3n) is 16.0. The molecule has 1 aromatic rings. The van der Waals surface area contributed by atoms with Crippen LogP contribution in [0.25, 0.3) is 0 Å². The summed E-state index contributed by atoms with van der Waals surface area (Å²) in [6.07, 6.45) is 11.7. The summed E-state index contributed by atoms with van der Waals surface area (Å²) in [5, 5.41) is 7.77. The van der Waals surface area contributed by atoms with Crippen molar-refractivity contribution in [3.8, 4) is 0 Å². The minimum Gasteiger partial charge on any atom is -0.462 e. The first-order valence-corrected chi connectivity index (χ1v) is 22.1. The van der Waals surface area contributed by atoms with Crippen molar-refractivity contribution in [1.82, 2.24) is 9.80 Å². The van der Waals surface area contributed by atoms with E-state index in [0.717, 1.165) is 76.7 Å². The predicted molar refractivity (Wildman–Crippen MR) is 227 cm³/mol. The number of carbonyl (C=O) groups excluding carboxylic acids is 3. The molecule has 314 valence electrons. The van der Waals surface area contributed by atoms with Crippen molar-refractivity contribution in [2.45, 2.75) is 139 Å². The molecule has 56 heavy (non-hydrogen) atoms. The number of aldehydes is 1. The maximum atomic E-state index is 14.2. The van der Waals surface area contributed by atoms with Crippen molar-refractivity contribution in [2.24, 2.45) is 56.7 Å². The number of ketones is 1. The molecule has 5 aliphatic carbocycles. The smallest absolute Gasteiger partial charge is 0.307 e. The predicted octanol–water partition coefficient (Wildman–Crippen LogP) is 9.82. The zero-order valence-electron chi connectivity index (χ0n) is 36.8. The number of esters is 1. The summed E-state index contributed by atoms with van der Waals surface area (Å²) in [7, 11) is 5.30. The number of halogens is 1. The van der Waals surface area contributed by atoms with Crippen molar-refractivity contribution in [3.63, 3.8) is 0 Å². The fourth-order valence-corrected chi connectivity index (χ4v) is 13.5. The molecule has 0 bridgehead atoms. The monoisotopic (exact) mass is 795 g/mol. The molecule has 8 unspecified atom stereocenters. The van der Waals surface area contributed by atoms with Gasteiger partial charge in [0.25, 0.3) is 0 Å². The van der Waals surface area contributed by atoms with Gasteiger partial charge in [-0.25, -0.2) is 0 Å². The van der Waals surface area contributed by atoms with Gasteiger partial charge in [0, 0.05) is 54.4 Å². The highest BCUT2D eigenvalue weighted by molar-refractivity contribution is 6.30. The highest BCUT2D eigenvalue weighted by atomic mass is 35.5. The number of aliphatic hydroxyl groups is 1. The van der Waals surface area contributed by atoms with Gasteiger partial charge in [0.15, 0.2) is 5.78 Å². The summed E-state index contributed by atoms with van der Waals surface area (Å²) in [5.41, 5.74) is 3.59. The van der Waals surface area contributed by atoms with Gasteiger partial charge in [-0.3, -0.25) is 14.5 Å². The van der Waals surface area contributed by atoms with Gasteiger partial charge < -0.3 is 19.5 Å². The lowest BCUT2D eigenvalue weighted by molar-refractivity contribution is -0.213. The molecule has 8 heteroatoms. The number of ether oxygens (including phenoxy) is 1. The number of carbonyl (C=O) groups is 3. The van der Waals surface area contributed by atoms with E-state index in [1.165, 1.54) is 36.8 Å². The standard InChI is InChI=1S/C47H71ClN2O4.CH4O/c1-31(2)41-36(52)27-47(23-24-50(26-25-49(9)10)29-32-11-13-33(48)14-12-32)22-17-35-34(42(41)47)15-16-38-45(35,7)20-18-37-44(5,6)39(19-21-46(37,38)8)54-40(53)28-43(3,4)30-51;1-2/h11-14,30-31,34-35,37-39H,15-29H2,1-10H3;2H,1H3. The van der Waals surface area contributed by atoms with Crippen molar-refractivity contribution >= 4 is 29.6 Å². The van der Waals surface area contributed by atoms with E-state index < -0.39 is 5.41 Å². The van der Waals surface area contributed by atoms with Crippen molar-refractivity contribution in [3.05, 3.63) is 46.0 Å². The van der Waals surface area contributed by atoms with Crippen LogP contribution in [0.15, 0.2) is 35.4 Å². The molecular weight excluding hydrogens is 720 g/mol. The second-order valence-electron chi connectivity index (χ2n) is 20.9. The van der Waals surface area contributed by atoms with Crippen LogP contribution in [0.1, 0.15) is 132 Å². The Kier molecular flexibility index (Phi) is 13.9. The van der Waals surface area contributed by atoms with Gasteiger partial charge in [-0.15, -0.1) is 0 Å². The molecular formula is C48H75ClN2O5. The first-order chi connectivity index (χ1) is 26.3. The largest absolute Gasteiger partial charge is 0.462 e. The normalized spacial score (nSPS) is 33.6. The van der Waals surface area contributed by atoms with E-state index in [0.29, 0.717) is 35.9 Å². The fraction of sp³-hybridized carbons (Fsp3) is 0.771. The van der Waals surface area contributed by atoms with Crippen LogP contribution in [0, 0.1) is 56.7 Å². The van der Waals surface area contributed by atoms with E-state index in [9.17, 15) is 14.4 Å². The lowest BCUT2D eigenvalue weighted by Gasteiger charge is -2.69. The maximum Gasteiger partial charge on any atom is 0.307 e. The Labute approximate surface area is 344 Å². The molecule has 5 aliphatic rings. The second-order valence-corrected chi connectivity index (χ2v) is 21.4. The van der Waals surface area contributed by atoms with Gasteiger partial charge in [-0.2, -0.15) is 0 Å². The van der Waals surface area contributed by atoms with Crippen LogP contribution >= 0.6 is 11.6 Å². The second kappa shape index (κ2) is 17.3. The Morgan fingerprint density at radius 1 is 0.929 bits per heavy atom. The van der Waals surface area contributed by atoms with Gasteiger partial charge in [0.1, 0.15) is 12.4 Å². The average molecular weight is 796 g/mol. The van der Waals surface area contributed by atoms with Crippen LogP contribution in [0.2, 0.25) is 5.02 Å². The lowest BCUT2D eigenvalue weighted by Crippen LogP contribution is -2.63. The SMILES string of the molecule is CC(C)C1=C2C3CCC4C(C)(CCC5C(C)(C)C(OC(=O)CC(C)(C)C=O)CCC54C)C3CCC2(CCN(CCN(C)C)Cc2ccc(Cl)cc2)CC1=O.CO. The van der Waals surface area contributed by atoms with Crippen LogP contribution in [0.4, 0.5) is 0 Å². The molecule has 0 radical (unpaired) electrons. The van der Waals surface area contributed by atoms with Crippen LogP contribution < -0.4 is 0 Å². The molecule has 1 N–H and O–H groups in total. The zero-order chi connectivity index (χ0) is 41.4. The highest BCUT2D eigenvalue weighted by Gasteiger charge is 2.66. The number of aliphatic hydroxyl groups excluding tert-OH is 1. The summed E-state index contributed by atoms with van der Waals surface area (Å²) >= 11 is 6.25. The van der Waals surface area contributed by atoms with Crippen LogP contribution in [-0.2, 0) is 25.7 Å². The van der Waals surface area contributed by atoms with E-state index in [-0.39, 0.29) is 46.1 Å². The van der Waals surface area contributed by atoms with E-state index in [1.54, 1.807) is 5.57 Å². The van der Waals surface area contributed by atoms with Crippen molar-refractivity contribution in [1.29, 1.82) is 0 Å². The minimum atomic E-state index is -0.703. The van der Waals surface area contributed by atoms with E-state index >= 15 is 0 Å². The Hall–Kier alpha value is -2.06. The van der Waals surface area contributed by atoms with Crippen molar-refractivity contribution in [2.75, 3.05) is 40.8 Å². The van der Waals surface area contributed by atoms with Gasteiger partial charge >= 0.3 is 5.97 Å². The first-order valence-electron chi connectivity index (χ1n) is 21.8.